The van der Waals surface area contributed by atoms with E-state index in [-0.39, 0.29) is 26.2 Å². The summed E-state index contributed by atoms with van der Waals surface area (Å²) in [6.07, 6.45) is -19.9. The maximum atomic E-state index is 10.9. The second-order valence-electron chi connectivity index (χ2n) is 9.29. The molecule has 0 spiro atoms. The quantitative estimate of drug-likeness (QED) is 0.108. The molecule has 14 atom stereocenters. The molecule has 16 nitrogen and oxygen atoms in total. The van der Waals surface area contributed by atoms with Crippen LogP contribution >= 0.6 is 0 Å². The van der Waals surface area contributed by atoms with Gasteiger partial charge < -0.3 is 80.1 Å². The highest BCUT2D eigenvalue weighted by Gasteiger charge is 2.51. The zero-order chi connectivity index (χ0) is 27.3. The van der Waals surface area contributed by atoms with E-state index in [1.807, 2.05) is 0 Å². The molecule has 3 saturated heterocycles. The average molecular weight is 546 g/mol. The van der Waals surface area contributed by atoms with E-state index in [9.17, 15) is 46.0 Å². The van der Waals surface area contributed by atoms with Gasteiger partial charge >= 0.3 is 0 Å². The van der Waals surface area contributed by atoms with Gasteiger partial charge in [-0.3, -0.25) is 0 Å². The summed E-state index contributed by atoms with van der Waals surface area (Å²) in [7, 11) is 0. The predicted octanol–water partition coefficient (Wildman–Crippen LogP) is -6.52. The van der Waals surface area contributed by atoms with Crippen LogP contribution in [0.15, 0.2) is 0 Å². The zero-order valence-corrected chi connectivity index (χ0v) is 20.1. The van der Waals surface area contributed by atoms with Gasteiger partial charge in [0, 0.05) is 13.0 Å². The maximum absolute atomic E-state index is 10.9. The van der Waals surface area contributed by atoms with Crippen LogP contribution in [-0.2, 0) is 28.4 Å². The minimum atomic E-state index is -1.79. The summed E-state index contributed by atoms with van der Waals surface area (Å²) in [4.78, 5) is 0. The minimum absolute atomic E-state index is 0.0121. The van der Waals surface area contributed by atoms with E-state index in [0.29, 0.717) is 0 Å². The molecule has 0 bridgehead atoms. The summed E-state index contributed by atoms with van der Waals surface area (Å²) >= 11 is 0. The smallest absolute Gasteiger partial charge is 0.187 e. The fourth-order valence-corrected chi connectivity index (χ4v) is 4.43. The predicted molar refractivity (Wildman–Crippen MR) is 118 cm³/mol. The SMILES string of the molecule is NCCOC[C@H]1O[C@H](CO[C@H]2O[C@H](CO)C[C@H](O)[C@@H]2O)[C@@H](O)[C@H](O[C@H]2O[C@H](CO)[C@@H](O)[C@H](O)[C@@H]2O)[C@@H]1O. The van der Waals surface area contributed by atoms with Crippen LogP contribution in [0.5, 0.6) is 0 Å². The number of hydrogen-bond acceptors (Lipinski definition) is 16. The summed E-state index contributed by atoms with van der Waals surface area (Å²) in [5, 5.41) is 91.1. The first kappa shape index (κ1) is 30.9. The van der Waals surface area contributed by atoms with Gasteiger partial charge in [0.15, 0.2) is 12.6 Å². The first-order valence-electron chi connectivity index (χ1n) is 12.1. The highest BCUT2D eigenvalue weighted by molar-refractivity contribution is 4.96. The topological polar surface area (TPSA) is 263 Å². The molecule has 0 aromatic heterocycles. The van der Waals surface area contributed by atoms with Crippen molar-refractivity contribution in [3.63, 3.8) is 0 Å². The van der Waals surface area contributed by atoms with E-state index in [1.54, 1.807) is 0 Å². The number of aliphatic hydroxyl groups excluding tert-OH is 9. The molecule has 0 unspecified atom stereocenters. The Labute approximate surface area is 212 Å². The standard InChI is InChI=1S/C21H39NO15/c22-1-2-32-6-11-15(28)19(37-21-18(31)17(30)14(27)10(5-24)36-21)16(29)12(35-11)7-33-20-13(26)9(25)3-8(4-23)34-20/h8-21,23-31H,1-7,22H2/t8-,9-,10+,11+,12+,13-,14+,15+,16+,17-,18-,19+,20-,21+/m0/s1. The van der Waals surface area contributed by atoms with Crippen molar-refractivity contribution >= 4 is 0 Å². The Morgan fingerprint density at radius 2 is 1.35 bits per heavy atom. The molecule has 0 amide bonds. The molecule has 218 valence electrons. The summed E-state index contributed by atoms with van der Waals surface area (Å²) in [5.74, 6) is 0. The van der Waals surface area contributed by atoms with Crippen LogP contribution in [-0.4, -0.2) is 171 Å². The molecule has 3 aliphatic heterocycles. The van der Waals surface area contributed by atoms with Gasteiger partial charge in [-0.25, -0.2) is 0 Å². The summed E-state index contributed by atoms with van der Waals surface area (Å²) in [6, 6.07) is 0. The molecular formula is C21H39NO15. The van der Waals surface area contributed by atoms with E-state index in [0.717, 1.165) is 0 Å². The molecule has 3 fully saturated rings. The Morgan fingerprint density at radius 1 is 0.676 bits per heavy atom. The maximum Gasteiger partial charge on any atom is 0.187 e. The lowest BCUT2D eigenvalue weighted by atomic mass is 9.94. The van der Waals surface area contributed by atoms with Crippen molar-refractivity contribution in [2.75, 3.05) is 39.6 Å². The second kappa shape index (κ2) is 14.1. The van der Waals surface area contributed by atoms with Crippen LogP contribution in [0.4, 0.5) is 0 Å². The molecule has 0 saturated carbocycles. The third-order valence-corrected chi connectivity index (χ3v) is 6.60. The van der Waals surface area contributed by atoms with Crippen molar-refractivity contribution in [1.82, 2.24) is 0 Å². The van der Waals surface area contributed by atoms with E-state index in [2.05, 4.69) is 0 Å². The molecule has 37 heavy (non-hydrogen) atoms. The van der Waals surface area contributed by atoms with Crippen molar-refractivity contribution in [2.45, 2.75) is 92.2 Å². The van der Waals surface area contributed by atoms with E-state index in [4.69, 9.17) is 34.2 Å². The molecule has 0 aromatic carbocycles. The zero-order valence-electron chi connectivity index (χ0n) is 20.1. The third-order valence-electron chi connectivity index (χ3n) is 6.60. The molecule has 3 aliphatic rings. The number of aliphatic hydroxyl groups is 9. The van der Waals surface area contributed by atoms with Crippen LogP contribution in [0.1, 0.15) is 6.42 Å². The van der Waals surface area contributed by atoms with E-state index in [1.165, 1.54) is 0 Å². The first-order valence-corrected chi connectivity index (χ1v) is 12.1. The van der Waals surface area contributed by atoms with Gasteiger partial charge in [-0.2, -0.15) is 0 Å². The van der Waals surface area contributed by atoms with Crippen LogP contribution in [0.25, 0.3) is 0 Å². The van der Waals surface area contributed by atoms with Crippen LogP contribution in [0.2, 0.25) is 0 Å². The van der Waals surface area contributed by atoms with Crippen molar-refractivity contribution < 1.29 is 74.4 Å². The number of ether oxygens (including phenoxy) is 6. The van der Waals surface area contributed by atoms with Crippen LogP contribution < -0.4 is 5.73 Å². The highest BCUT2D eigenvalue weighted by atomic mass is 16.7. The number of rotatable bonds is 11. The second-order valence-corrected chi connectivity index (χ2v) is 9.29. The Kier molecular flexibility index (Phi) is 11.8. The lowest BCUT2D eigenvalue weighted by Crippen LogP contribution is -2.65. The average Bonchev–Trinajstić information content (AvgIpc) is 2.89. The highest BCUT2D eigenvalue weighted by Crippen LogP contribution is 2.30. The Bertz CT molecular complexity index is 676. The minimum Gasteiger partial charge on any atom is -0.394 e. The van der Waals surface area contributed by atoms with E-state index >= 15 is 0 Å². The lowest BCUT2D eigenvalue weighted by Gasteiger charge is -2.46. The third kappa shape index (κ3) is 7.31. The summed E-state index contributed by atoms with van der Waals surface area (Å²) in [6.45, 7) is -1.41. The first-order chi connectivity index (χ1) is 17.6. The van der Waals surface area contributed by atoms with Gasteiger partial charge in [-0.05, 0) is 0 Å². The van der Waals surface area contributed by atoms with Crippen molar-refractivity contribution in [2.24, 2.45) is 5.73 Å². The molecular weight excluding hydrogens is 506 g/mol. The fourth-order valence-electron chi connectivity index (χ4n) is 4.43. The molecule has 0 aliphatic carbocycles. The van der Waals surface area contributed by atoms with Gasteiger partial charge in [0.05, 0.1) is 45.2 Å². The van der Waals surface area contributed by atoms with E-state index < -0.39 is 106 Å². The van der Waals surface area contributed by atoms with Crippen LogP contribution in [0.3, 0.4) is 0 Å². The Hall–Kier alpha value is -0.640. The number of nitrogens with two attached hydrogens (primary N) is 1. The Balaban J connectivity index is 1.72. The normalized spacial score (nSPS) is 47.2. The fraction of sp³-hybridized carbons (Fsp3) is 1.00. The molecule has 3 rings (SSSR count). The van der Waals surface area contributed by atoms with Crippen molar-refractivity contribution in [3.05, 3.63) is 0 Å². The monoisotopic (exact) mass is 545 g/mol. The summed E-state index contributed by atoms with van der Waals surface area (Å²) < 4.78 is 33.0. The van der Waals surface area contributed by atoms with Crippen molar-refractivity contribution in [1.29, 1.82) is 0 Å². The number of hydrogen-bond donors (Lipinski definition) is 10. The van der Waals surface area contributed by atoms with Gasteiger partial charge in [0.25, 0.3) is 0 Å². The molecule has 3 heterocycles. The lowest BCUT2D eigenvalue weighted by molar-refractivity contribution is -0.347. The molecule has 0 radical (unpaired) electrons. The van der Waals surface area contributed by atoms with Gasteiger partial charge in [-0.1, -0.05) is 0 Å². The largest absolute Gasteiger partial charge is 0.394 e. The van der Waals surface area contributed by atoms with Gasteiger partial charge in [0.1, 0.15) is 61.0 Å². The Morgan fingerprint density at radius 3 is 1.97 bits per heavy atom. The van der Waals surface area contributed by atoms with Crippen LogP contribution in [0, 0.1) is 0 Å². The van der Waals surface area contributed by atoms with Crippen molar-refractivity contribution in [3.8, 4) is 0 Å². The molecule has 0 aromatic rings. The van der Waals surface area contributed by atoms with Gasteiger partial charge in [0.2, 0.25) is 0 Å². The molecule has 11 N–H and O–H groups in total. The van der Waals surface area contributed by atoms with Gasteiger partial charge in [-0.15, -0.1) is 0 Å². The summed E-state index contributed by atoms with van der Waals surface area (Å²) in [5.41, 5.74) is 5.42. The molecule has 16 heteroatoms.